The molecule has 7 heteroatoms. The van der Waals surface area contributed by atoms with E-state index in [0.29, 0.717) is 5.00 Å². The Morgan fingerprint density at radius 1 is 1.33 bits per heavy atom. The van der Waals surface area contributed by atoms with Crippen LogP contribution in [0.15, 0.2) is 34.5 Å². The average molecular weight is 317 g/mol. The van der Waals surface area contributed by atoms with E-state index in [9.17, 15) is 0 Å². The maximum absolute atomic E-state index is 5.93. The van der Waals surface area contributed by atoms with Crippen molar-refractivity contribution in [1.29, 1.82) is 0 Å². The second-order valence-electron chi connectivity index (χ2n) is 4.70. The van der Waals surface area contributed by atoms with Gasteiger partial charge in [-0.1, -0.05) is 23.5 Å². The highest BCUT2D eigenvalue weighted by atomic mass is 32.1. The van der Waals surface area contributed by atoms with E-state index in [4.69, 9.17) is 5.73 Å². The number of aromatic nitrogens is 2. The molecule has 0 spiro atoms. The summed E-state index contributed by atoms with van der Waals surface area (Å²) in [5.41, 5.74) is 9.67. The monoisotopic (exact) mass is 317 g/mol. The van der Waals surface area contributed by atoms with Crippen LogP contribution in [0.25, 0.3) is 10.2 Å². The van der Waals surface area contributed by atoms with Gasteiger partial charge in [0, 0.05) is 7.05 Å². The first-order valence-electron chi connectivity index (χ1n) is 6.43. The molecule has 3 rings (SSSR count). The Hall–Kier alpha value is -1.99. The van der Waals surface area contributed by atoms with Crippen molar-refractivity contribution in [1.82, 2.24) is 8.94 Å². The molecule has 21 heavy (non-hydrogen) atoms. The van der Waals surface area contributed by atoms with Gasteiger partial charge in [-0.15, -0.1) is 5.10 Å². The molecule has 0 fully saturated rings. The number of rotatable bonds is 2. The molecule has 0 aliphatic rings. The van der Waals surface area contributed by atoms with Crippen molar-refractivity contribution < 1.29 is 0 Å². The summed E-state index contributed by atoms with van der Waals surface area (Å²) in [6.07, 6.45) is 0. The van der Waals surface area contributed by atoms with E-state index in [0.717, 1.165) is 27.3 Å². The Kier molecular flexibility index (Phi) is 3.60. The highest BCUT2D eigenvalue weighted by Crippen LogP contribution is 2.21. The van der Waals surface area contributed by atoms with Crippen LogP contribution in [0.4, 0.5) is 5.00 Å². The second kappa shape index (κ2) is 5.42. The average Bonchev–Trinajstić information content (AvgIpc) is 2.97. The summed E-state index contributed by atoms with van der Waals surface area (Å²) >= 11 is 2.91. The van der Waals surface area contributed by atoms with E-state index in [1.54, 1.807) is 11.3 Å². The van der Waals surface area contributed by atoms with E-state index < -0.39 is 0 Å². The van der Waals surface area contributed by atoms with Crippen LogP contribution >= 0.6 is 22.9 Å². The maximum Gasteiger partial charge on any atom is 0.211 e. The number of benzene rings is 1. The number of nitrogen functional groups attached to an aromatic ring is 1. The molecule has 108 valence electrons. The predicted molar refractivity (Wildman–Crippen MR) is 89.8 cm³/mol. The number of fused-ring (bicyclic) bond motifs is 1. The molecule has 0 amide bonds. The minimum atomic E-state index is 0.685. The molecule has 1 aromatic carbocycles. The Bertz CT molecular complexity index is 878. The largest absolute Gasteiger partial charge is 0.389 e. The van der Waals surface area contributed by atoms with Crippen LogP contribution in [0.3, 0.4) is 0 Å². The molecule has 0 aliphatic heterocycles. The zero-order valence-corrected chi connectivity index (χ0v) is 13.6. The van der Waals surface area contributed by atoms with Gasteiger partial charge in [0.15, 0.2) is 0 Å². The van der Waals surface area contributed by atoms with E-state index in [-0.39, 0.29) is 0 Å². The Labute approximate surface area is 130 Å². The van der Waals surface area contributed by atoms with Crippen molar-refractivity contribution >= 4 is 43.8 Å². The lowest BCUT2D eigenvalue weighted by Gasteiger charge is -1.97. The maximum atomic E-state index is 5.93. The van der Waals surface area contributed by atoms with E-state index in [1.165, 1.54) is 16.2 Å². The highest BCUT2D eigenvalue weighted by Gasteiger charge is 2.10. The normalized spacial score (nSPS) is 13.3. The van der Waals surface area contributed by atoms with Crippen molar-refractivity contribution in [2.24, 2.45) is 17.3 Å². The first-order chi connectivity index (χ1) is 10.1. The molecular weight excluding hydrogens is 302 g/mol. The fraction of sp³-hybridized carbons (Fsp3) is 0.214. The summed E-state index contributed by atoms with van der Waals surface area (Å²) in [7, 11) is 1.99. The van der Waals surface area contributed by atoms with E-state index in [2.05, 4.69) is 26.7 Å². The first-order valence-corrected chi connectivity index (χ1v) is 8.02. The lowest BCUT2D eigenvalue weighted by Crippen LogP contribution is -2.09. The molecule has 0 aliphatic carbocycles. The van der Waals surface area contributed by atoms with Crippen LogP contribution in [-0.2, 0) is 7.05 Å². The number of nitrogens with zero attached hydrogens (tertiary/aromatic N) is 4. The third-order valence-corrected chi connectivity index (χ3v) is 5.12. The number of hydrogen-bond acceptors (Lipinski definition) is 6. The number of anilines is 1. The number of nitrogens with two attached hydrogens (primary N) is 1. The second-order valence-corrected chi connectivity index (χ2v) is 6.52. The zero-order chi connectivity index (χ0) is 15.0. The van der Waals surface area contributed by atoms with Gasteiger partial charge in [0.25, 0.3) is 0 Å². The standard InChI is InChI=1S/C14H15N5S2/c1-8(12-9(2)18-21-13(12)15)16-17-14-19(3)10-6-4-5-7-11(10)20-14/h4-7H,15H2,1-3H3/b16-8+,17-14-. The van der Waals surface area contributed by atoms with Gasteiger partial charge in [-0.3, -0.25) is 0 Å². The number of para-hydroxylation sites is 1. The predicted octanol–water partition coefficient (Wildman–Crippen LogP) is 2.91. The summed E-state index contributed by atoms with van der Waals surface area (Å²) in [5, 5.41) is 9.39. The molecule has 0 bridgehead atoms. The van der Waals surface area contributed by atoms with Gasteiger partial charge in [0.05, 0.1) is 27.2 Å². The van der Waals surface area contributed by atoms with Crippen molar-refractivity contribution in [2.45, 2.75) is 13.8 Å². The SMILES string of the molecule is C/C(=N\N=c1/sc2ccccc2n1C)c1c(C)nsc1N. The third kappa shape index (κ3) is 2.50. The molecule has 5 nitrogen and oxygen atoms in total. The molecular formula is C14H15N5S2. The molecule has 2 N–H and O–H groups in total. The molecule has 0 radical (unpaired) electrons. The van der Waals surface area contributed by atoms with Gasteiger partial charge >= 0.3 is 0 Å². The number of thiazole rings is 1. The van der Waals surface area contributed by atoms with E-state index in [1.807, 2.05) is 37.6 Å². The van der Waals surface area contributed by atoms with Crippen LogP contribution in [0.2, 0.25) is 0 Å². The van der Waals surface area contributed by atoms with Crippen LogP contribution < -0.4 is 10.5 Å². The van der Waals surface area contributed by atoms with Gasteiger partial charge in [-0.25, -0.2) is 0 Å². The topological polar surface area (TPSA) is 68.6 Å². The summed E-state index contributed by atoms with van der Waals surface area (Å²) < 4.78 is 7.47. The van der Waals surface area contributed by atoms with Crippen molar-refractivity contribution in [3.8, 4) is 0 Å². The van der Waals surface area contributed by atoms with Crippen LogP contribution in [0.5, 0.6) is 0 Å². The number of hydrogen-bond donors (Lipinski definition) is 1. The molecule has 0 atom stereocenters. The summed E-state index contributed by atoms with van der Waals surface area (Å²) in [6.45, 7) is 3.84. The Balaban J connectivity index is 2.09. The summed E-state index contributed by atoms with van der Waals surface area (Å²) in [5.74, 6) is 0. The summed E-state index contributed by atoms with van der Waals surface area (Å²) in [4.78, 5) is 0.856. The number of aryl methyl sites for hydroxylation is 2. The van der Waals surface area contributed by atoms with Crippen molar-refractivity contribution in [3.05, 3.63) is 40.3 Å². The molecule has 0 saturated heterocycles. The van der Waals surface area contributed by atoms with Gasteiger partial charge in [-0.2, -0.15) is 9.47 Å². The van der Waals surface area contributed by atoms with Crippen molar-refractivity contribution in [3.63, 3.8) is 0 Å². The molecule has 2 heterocycles. The first kappa shape index (κ1) is 14.0. The van der Waals surface area contributed by atoms with Gasteiger partial charge < -0.3 is 10.3 Å². The quantitative estimate of drug-likeness (QED) is 0.583. The lowest BCUT2D eigenvalue weighted by molar-refractivity contribution is 0.888. The molecule has 0 saturated carbocycles. The van der Waals surface area contributed by atoms with Gasteiger partial charge in [0.2, 0.25) is 4.80 Å². The highest BCUT2D eigenvalue weighted by molar-refractivity contribution is 7.16. The van der Waals surface area contributed by atoms with Crippen LogP contribution in [-0.4, -0.2) is 14.7 Å². The molecule has 2 aromatic heterocycles. The Morgan fingerprint density at radius 3 is 2.76 bits per heavy atom. The van der Waals surface area contributed by atoms with E-state index >= 15 is 0 Å². The molecule has 3 aromatic rings. The molecule has 0 unspecified atom stereocenters. The van der Waals surface area contributed by atoms with Gasteiger partial charge in [-0.05, 0) is 37.5 Å². The minimum Gasteiger partial charge on any atom is -0.389 e. The fourth-order valence-corrected chi connectivity index (χ4v) is 3.86. The zero-order valence-electron chi connectivity index (χ0n) is 12.0. The van der Waals surface area contributed by atoms with Crippen LogP contribution in [0.1, 0.15) is 18.2 Å². The smallest absolute Gasteiger partial charge is 0.211 e. The van der Waals surface area contributed by atoms with Gasteiger partial charge in [0.1, 0.15) is 5.00 Å². The van der Waals surface area contributed by atoms with Crippen LogP contribution in [0, 0.1) is 6.92 Å². The third-order valence-electron chi connectivity index (χ3n) is 3.25. The van der Waals surface area contributed by atoms with Crippen molar-refractivity contribution in [2.75, 3.05) is 5.73 Å². The Morgan fingerprint density at radius 2 is 2.10 bits per heavy atom. The fourth-order valence-electron chi connectivity index (χ4n) is 2.17. The summed E-state index contributed by atoms with van der Waals surface area (Å²) in [6, 6.07) is 8.21. The minimum absolute atomic E-state index is 0.685. The lowest BCUT2D eigenvalue weighted by atomic mass is 10.2.